The molecule has 1 saturated heterocycles. The van der Waals surface area contributed by atoms with E-state index >= 15 is 0 Å². The number of carbonyl (C=O) groups excluding carboxylic acids is 2. The van der Waals surface area contributed by atoms with Crippen LogP contribution in [0.4, 0.5) is 0 Å². The van der Waals surface area contributed by atoms with Crippen molar-refractivity contribution in [3.05, 3.63) is 70.8 Å². The van der Waals surface area contributed by atoms with Gasteiger partial charge in [0.15, 0.2) is 0 Å². The third-order valence-corrected chi connectivity index (χ3v) is 5.43. The summed E-state index contributed by atoms with van der Waals surface area (Å²) in [6.07, 6.45) is 5.00. The van der Waals surface area contributed by atoms with Gasteiger partial charge in [0.2, 0.25) is 11.8 Å². The van der Waals surface area contributed by atoms with E-state index in [1.54, 1.807) is 0 Å². The van der Waals surface area contributed by atoms with Gasteiger partial charge < -0.3 is 10.6 Å². The molecule has 1 fully saturated rings. The van der Waals surface area contributed by atoms with Gasteiger partial charge in [0.1, 0.15) is 0 Å². The Morgan fingerprint density at radius 1 is 1.04 bits per heavy atom. The molecule has 0 radical (unpaired) electrons. The largest absolute Gasteiger partial charge is 0.351 e. The van der Waals surface area contributed by atoms with Crippen molar-refractivity contribution in [2.75, 3.05) is 0 Å². The highest BCUT2D eigenvalue weighted by Crippen LogP contribution is 2.25. The molecule has 2 aliphatic rings. The molecule has 26 heavy (non-hydrogen) atoms. The number of fused-ring (bicyclic) bond motifs is 1. The van der Waals surface area contributed by atoms with E-state index in [-0.39, 0.29) is 23.9 Å². The second-order valence-electron chi connectivity index (χ2n) is 7.30. The quantitative estimate of drug-likeness (QED) is 0.893. The lowest BCUT2D eigenvalue weighted by molar-refractivity contribution is -0.126. The molecule has 0 bridgehead atoms. The number of nitrogens with one attached hydrogen (secondary N) is 2. The van der Waals surface area contributed by atoms with Gasteiger partial charge in [-0.15, -0.1) is 0 Å². The van der Waals surface area contributed by atoms with Gasteiger partial charge in [0, 0.05) is 6.42 Å². The molecule has 2 atom stereocenters. The van der Waals surface area contributed by atoms with Gasteiger partial charge in [-0.3, -0.25) is 9.59 Å². The molecule has 0 unspecified atom stereocenters. The molecule has 134 valence electrons. The van der Waals surface area contributed by atoms with Gasteiger partial charge in [-0.1, -0.05) is 48.5 Å². The number of benzene rings is 2. The van der Waals surface area contributed by atoms with E-state index in [4.69, 9.17) is 0 Å². The number of rotatable bonds is 4. The highest BCUT2D eigenvalue weighted by atomic mass is 16.2. The Morgan fingerprint density at radius 3 is 2.69 bits per heavy atom. The van der Waals surface area contributed by atoms with Crippen LogP contribution in [0.1, 0.15) is 47.6 Å². The zero-order valence-corrected chi connectivity index (χ0v) is 14.8. The van der Waals surface area contributed by atoms with Gasteiger partial charge in [-0.05, 0) is 47.9 Å². The van der Waals surface area contributed by atoms with E-state index in [9.17, 15) is 9.59 Å². The highest BCUT2D eigenvalue weighted by molar-refractivity contribution is 5.81. The van der Waals surface area contributed by atoms with Crippen molar-refractivity contribution in [1.82, 2.24) is 10.6 Å². The van der Waals surface area contributed by atoms with E-state index < -0.39 is 0 Å². The van der Waals surface area contributed by atoms with Crippen LogP contribution in [0.3, 0.4) is 0 Å². The van der Waals surface area contributed by atoms with Crippen LogP contribution < -0.4 is 10.6 Å². The molecule has 2 amide bonds. The van der Waals surface area contributed by atoms with Gasteiger partial charge in [-0.2, -0.15) is 0 Å². The van der Waals surface area contributed by atoms with Crippen LogP contribution in [-0.4, -0.2) is 17.9 Å². The van der Waals surface area contributed by atoms with Crippen molar-refractivity contribution in [2.24, 2.45) is 0 Å². The first-order chi connectivity index (χ1) is 12.7. The van der Waals surface area contributed by atoms with E-state index in [0.717, 1.165) is 24.0 Å². The second kappa shape index (κ2) is 7.32. The molecule has 1 aliphatic carbocycles. The van der Waals surface area contributed by atoms with Gasteiger partial charge in [0.25, 0.3) is 0 Å². The molecule has 2 N–H and O–H groups in total. The topological polar surface area (TPSA) is 58.2 Å². The number of hydrogen-bond acceptors (Lipinski definition) is 2. The molecule has 2 aromatic rings. The van der Waals surface area contributed by atoms with Crippen molar-refractivity contribution in [3.63, 3.8) is 0 Å². The predicted molar refractivity (Wildman–Crippen MR) is 101 cm³/mol. The first kappa shape index (κ1) is 16.8. The first-order valence-corrected chi connectivity index (χ1v) is 9.43. The maximum Gasteiger partial charge on any atom is 0.224 e. The monoisotopic (exact) mass is 348 g/mol. The maximum absolute atomic E-state index is 12.6. The summed E-state index contributed by atoms with van der Waals surface area (Å²) in [5, 5.41) is 6.18. The molecule has 4 heteroatoms. The predicted octanol–water partition coefficient (Wildman–Crippen LogP) is 2.85. The van der Waals surface area contributed by atoms with Crippen LogP contribution in [0, 0.1) is 0 Å². The molecule has 4 nitrogen and oxygen atoms in total. The molecule has 4 rings (SSSR count). The van der Waals surface area contributed by atoms with E-state index in [2.05, 4.69) is 28.8 Å². The number of aryl methyl sites for hydroxylation is 2. The van der Waals surface area contributed by atoms with Crippen LogP contribution in [0.2, 0.25) is 0 Å². The summed E-state index contributed by atoms with van der Waals surface area (Å²) in [4.78, 5) is 24.5. The van der Waals surface area contributed by atoms with Crippen molar-refractivity contribution in [1.29, 1.82) is 0 Å². The van der Waals surface area contributed by atoms with Crippen molar-refractivity contribution in [2.45, 2.75) is 50.6 Å². The van der Waals surface area contributed by atoms with Gasteiger partial charge in [-0.25, -0.2) is 0 Å². The summed E-state index contributed by atoms with van der Waals surface area (Å²) in [5.41, 5.74) is 4.92. The fraction of sp³-hybridized carbons (Fsp3) is 0.364. The summed E-state index contributed by atoms with van der Waals surface area (Å²) in [5.74, 6) is 0.0630. The standard InChI is InChI=1S/C22H24N2O2/c25-20-12-11-19(22(24-20)17-5-2-1-3-6-17)23-21(26)14-15-9-10-16-7-4-8-18(16)13-15/h1-3,5-6,9-10,13,19,22H,4,7-8,11-12,14H2,(H,23,26)(H,24,25)/t19-,22+/m0/s1. The third kappa shape index (κ3) is 3.64. The Labute approximate surface area is 154 Å². The van der Waals surface area contributed by atoms with Crippen LogP contribution in [0.5, 0.6) is 0 Å². The Balaban J connectivity index is 1.44. The fourth-order valence-electron chi connectivity index (χ4n) is 4.11. The molecule has 1 aliphatic heterocycles. The lowest BCUT2D eigenvalue weighted by Crippen LogP contribution is -2.50. The normalized spacial score (nSPS) is 21.8. The number of hydrogen-bond donors (Lipinski definition) is 2. The molecule has 1 heterocycles. The fourth-order valence-corrected chi connectivity index (χ4v) is 4.11. The molecular weight excluding hydrogens is 324 g/mol. The van der Waals surface area contributed by atoms with E-state index in [1.165, 1.54) is 17.5 Å². The molecule has 0 saturated carbocycles. The third-order valence-electron chi connectivity index (χ3n) is 5.43. The summed E-state index contributed by atoms with van der Waals surface area (Å²) >= 11 is 0. The number of amides is 2. The van der Waals surface area contributed by atoms with E-state index in [0.29, 0.717) is 19.3 Å². The number of carbonyl (C=O) groups is 2. The lowest BCUT2D eigenvalue weighted by Gasteiger charge is -2.33. The Morgan fingerprint density at radius 2 is 1.85 bits per heavy atom. The van der Waals surface area contributed by atoms with Crippen LogP contribution in [-0.2, 0) is 28.9 Å². The minimum Gasteiger partial charge on any atom is -0.351 e. The van der Waals surface area contributed by atoms with Crippen molar-refractivity contribution < 1.29 is 9.59 Å². The minimum atomic E-state index is -0.165. The zero-order valence-electron chi connectivity index (χ0n) is 14.8. The summed E-state index contributed by atoms with van der Waals surface area (Å²) in [6.45, 7) is 0. The van der Waals surface area contributed by atoms with Gasteiger partial charge >= 0.3 is 0 Å². The van der Waals surface area contributed by atoms with Crippen LogP contribution >= 0.6 is 0 Å². The average molecular weight is 348 g/mol. The van der Waals surface area contributed by atoms with Crippen molar-refractivity contribution >= 4 is 11.8 Å². The van der Waals surface area contributed by atoms with Crippen LogP contribution in [0.25, 0.3) is 0 Å². The highest BCUT2D eigenvalue weighted by Gasteiger charge is 2.30. The SMILES string of the molecule is O=C(Cc1ccc2c(c1)CCC2)N[C@H]1CCC(=O)N[C@@H]1c1ccccc1. The zero-order chi connectivity index (χ0) is 17.9. The smallest absolute Gasteiger partial charge is 0.224 e. The molecule has 2 aromatic carbocycles. The Hall–Kier alpha value is -2.62. The second-order valence-corrected chi connectivity index (χ2v) is 7.30. The van der Waals surface area contributed by atoms with Crippen LogP contribution in [0.15, 0.2) is 48.5 Å². The molecule has 0 spiro atoms. The molecule has 0 aromatic heterocycles. The lowest BCUT2D eigenvalue weighted by atomic mass is 9.91. The summed E-state index contributed by atoms with van der Waals surface area (Å²) in [7, 11) is 0. The first-order valence-electron chi connectivity index (χ1n) is 9.43. The van der Waals surface area contributed by atoms with E-state index in [1.807, 2.05) is 30.3 Å². The van der Waals surface area contributed by atoms with Gasteiger partial charge in [0.05, 0.1) is 18.5 Å². The summed E-state index contributed by atoms with van der Waals surface area (Å²) in [6, 6.07) is 16.0. The maximum atomic E-state index is 12.6. The Kier molecular flexibility index (Phi) is 4.74. The van der Waals surface area contributed by atoms with Crippen molar-refractivity contribution in [3.8, 4) is 0 Å². The minimum absolute atomic E-state index is 0.0185. The summed E-state index contributed by atoms with van der Waals surface area (Å²) < 4.78 is 0. The molecular formula is C22H24N2O2. The number of piperidine rings is 1. The Bertz CT molecular complexity index is 816. The average Bonchev–Trinajstić information content (AvgIpc) is 3.11.